The zero-order chi connectivity index (χ0) is 14.1. The maximum Gasteiger partial charge on any atom is 0.335 e. The third-order valence-electron chi connectivity index (χ3n) is 3.88. The highest BCUT2D eigenvalue weighted by Crippen LogP contribution is 2.37. The summed E-state index contributed by atoms with van der Waals surface area (Å²) < 4.78 is 2.00. The van der Waals surface area contributed by atoms with Gasteiger partial charge in [-0.15, -0.1) is 0 Å². The lowest BCUT2D eigenvalue weighted by molar-refractivity contribution is 0.0697. The number of nitrogens with zero attached hydrogens (tertiary/aromatic N) is 2. The molecule has 0 saturated carbocycles. The first-order valence-corrected chi connectivity index (χ1v) is 6.75. The van der Waals surface area contributed by atoms with E-state index < -0.39 is 5.97 Å². The Labute approximate surface area is 117 Å². The maximum atomic E-state index is 11.1. The lowest BCUT2D eigenvalue weighted by Gasteiger charge is -2.25. The molecule has 3 rings (SSSR count). The fraction of sp³-hybridized carbons (Fsp3) is 0.250. The molecular formula is C16H16N2O2. The van der Waals surface area contributed by atoms with Crippen LogP contribution >= 0.6 is 0 Å². The Bertz CT molecular complexity index is 672. The van der Waals surface area contributed by atoms with Gasteiger partial charge in [-0.25, -0.2) is 9.78 Å². The minimum Gasteiger partial charge on any atom is -0.478 e. The zero-order valence-electron chi connectivity index (χ0n) is 11.3. The molecule has 1 atom stereocenters. The molecule has 0 radical (unpaired) electrons. The minimum absolute atomic E-state index is 0.335. The number of hydrogen-bond acceptors (Lipinski definition) is 2. The summed E-state index contributed by atoms with van der Waals surface area (Å²) >= 11 is 0. The van der Waals surface area contributed by atoms with Crippen molar-refractivity contribution in [1.82, 2.24) is 9.55 Å². The van der Waals surface area contributed by atoms with Crippen molar-refractivity contribution >= 4 is 17.7 Å². The number of fused-ring (bicyclic) bond motifs is 1. The van der Waals surface area contributed by atoms with Crippen LogP contribution in [-0.4, -0.2) is 20.6 Å². The summed E-state index contributed by atoms with van der Waals surface area (Å²) in [5.41, 5.74) is 3.74. The molecule has 0 bridgehead atoms. The lowest BCUT2D eigenvalue weighted by Crippen LogP contribution is -2.10. The van der Waals surface area contributed by atoms with Crippen molar-refractivity contribution in [3.8, 4) is 0 Å². The Kier molecular flexibility index (Phi) is 3.14. The lowest BCUT2D eigenvalue weighted by atomic mass is 9.83. The number of carboxylic acid groups (broad SMARTS) is 1. The van der Waals surface area contributed by atoms with Crippen molar-refractivity contribution in [2.24, 2.45) is 0 Å². The summed E-state index contributed by atoms with van der Waals surface area (Å²) in [5, 5.41) is 9.12. The third-order valence-corrected chi connectivity index (χ3v) is 3.88. The number of hydrogen-bond donors (Lipinski definition) is 1. The summed E-state index contributed by atoms with van der Waals surface area (Å²) in [5.74, 6) is -0.459. The fourth-order valence-electron chi connectivity index (χ4n) is 2.78. The van der Waals surface area contributed by atoms with E-state index in [1.807, 2.05) is 16.8 Å². The predicted molar refractivity (Wildman–Crippen MR) is 77.4 cm³/mol. The first-order valence-electron chi connectivity index (χ1n) is 6.75. The second-order valence-electron chi connectivity index (χ2n) is 5.06. The zero-order valence-corrected chi connectivity index (χ0v) is 11.3. The molecule has 1 heterocycles. The predicted octanol–water partition coefficient (Wildman–Crippen LogP) is 3.48. The second-order valence-corrected chi connectivity index (χ2v) is 5.06. The SMILES string of the molecule is CCC1CC(n2ccnc2)=Cc2cc(C(=O)O)ccc21. The Balaban J connectivity index is 2.10. The largest absolute Gasteiger partial charge is 0.478 e. The van der Waals surface area contributed by atoms with E-state index in [9.17, 15) is 4.79 Å². The molecule has 1 aromatic carbocycles. The summed E-state index contributed by atoms with van der Waals surface area (Å²) in [6.45, 7) is 2.16. The number of imidazole rings is 1. The number of carboxylic acids is 1. The Morgan fingerprint density at radius 1 is 1.50 bits per heavy atom. The van der Waals surface area contributed by atoms with Gasteiger partial charge in [-0.1, -0.05) is 13.0 Å². The Hall–Kier alpha value is -2.36. The van der Waals surface area contributed by atoms with Crippen LogP contribution in [0.1, 0.15) is 47.2 Å². The maximum absolute atomic E-state index is 11.1. The molecule has 1 N–H and O–H groups in total. The number of allylic oxidation sites excluding steroid dienone is 1. The van der Waals surface area contributed by atoms with Gasteiger partial charge in [-0.2, -0.15) is 0 Å². The van der Waals surface area contributed by atoms with Crippen LogP contribution < -0.4 is 0 Å². The summed E-state index contributed by atoms with van der Waals surface area (Å²) in [6.07, 6.45) is 9.51. The third kappa shape index (κ3) is 2.13. The van der Waals surface area contributed by atoms with Gasteiger partial charge in [0.25, 0.3) is 0 Å². The van der Waals surface area contributed by atoms with Crippen LogP contribution in [0.15, 0.2) is 36.9 Å². The minimum atomic E-state index is -0.885. The molecule has 0 aliphatic heterocycles. The van der Waals surface area contributed by atoms with Gasteiger partial charge in [0.2, 0.25) is 0 Å². The average Bonchev–Trinajstić information content (AvgIpc) is 2.99. The number of benzene rings is 1. The van der Waals surface area contributed by atoms with E-state index in [0.29, 0.717) is 11.5 Å². The number of aromatic carboxylic acids is 1. The molecule has 0 amide bonds. The van der Waals surface area contributed by atoms with Gasteiger partial charge in [-0.05, 0) is 48.1 Å². The number of rotatable bonds is 3. The fourth-order valence-corrected chi connectivity index (χ4v) is 2.78. The van der Waals surface area contributed by atoms with E-state index in [4.69, 9.17) is 5.11 Å². The molecule has 0 spiro atoms. The van der Waals surface area contributed by atoms with E-state index in [2.05, 4.69) is 18.0 Å². The Morgan fingerprint density at radius 2 is 2.35 bits per heavy atom. The Morgan fingerprint density at radius 3 is 3.00 bits per heavy atom. The van der Waals surface area contributed by atoms with Crippen LogP contribution in [0.3, 0.4) is 0 Å². The van der Waals surface area contributed by atoms with E-state index in [-0.39, 0.29) is 0 Å². The van der Waals surface area contributed by atoms with Crippen molar-refractivity contribution < 1.29 is 9.90 Å². The molecule has 2 aromatic rings. The summed E-state index contributed by atoms with van der Waals surface area (Å²) in [4.78, 5) is 15.2. The molecule has 20 heavy (non-hydrogen) atoms. The quantitative estimate of drug-likeness (QED) is 0.927. The van der Waals surface area contributed by atoms with Crippen LogP contribution in [-0.2, 0) is 0 Å². The first-order chi connectivity index (χ1) is 9.69. The molecular weight excluding hydrogens is 252 g/mol. The second kappa shape index (κ2) is 4.96. The first kappa shape index (κ1) is 12.7. The van der Waals surface area contributed by atoms with Gasteiger partial charge >= 0.3 is 5.97 Å². The van der Waals surface area contributed by atoms with E-state index >= 15 is 0 Å². The molecule has 1 aromatic heterocycles. The molecule has 4 heteroatoms. The number of carbonyl (C=O) groups is 1. The van der Waals surface area contributed by atoms with Crippen LogP contribution in [0.5, 0.6) is 0 Å². The van der Waals surface area contributed by atoms with Gasteiger partial charge in [-0.3, -0.25) is 0 Å². The van der Waals surface area contributed by atoms with Crippen molar-refractivity contribution in [2.75, 3.05) is 0 Å². The smallest absolute Gasteiger partial charge is 0.335 e. The molecule has 1 aliphatic carbocycles. The van der Waals surface area contributed by atoms with Crippen LogP contribution in [0.2, 0.25) is 0 Å². The van der Waals surface area contributed by atoms with Gasteiger partial charge in [0.15, 0.2) is 0 Å². The van der Waals surface area contributed by atoms with Crippen molar-refractivity contribution in [1.29, 1.82) is 0 Å². The molecule has 4 nitrogen and oxygen atoms in total. The van der Waals surface area contributed by atoms with E-state index in [1.54, 1.807) is 24.7 Å². The van der Waals surface area contributed by atoms with Crippen molar-refractivity contribution in [2.45, 2.75) is 25.7 Å². The van der Waals surface area contributed by atoms with Gasteiger partial charge < -0.3 is 9.67 Å². The van der Waals surface area contributed by atoms with Crippen LogP contribution in [0, 0.1) is 0 Å². The monoisotopic (exact) mass is 268 g/mol. The topological polar surface area (TPSA) is 55.1 Å². The molecule has 102 valence electrons. The van der Waals surface area contributed by atoms with Crippen LogP contribution in [0.4, 0.5) is 0 Å². The van der Waals surface area contributed by atoms with Crippen molar-refractivity contribution in [3.05, 3.63) is 53.6 Å². The van der Waals surface area contributed by atoms with Crippen LogP contribution in [0.25, 0.3) is 11.8 Å². The van der Waals surface area contributed by atoms with E-state index in [0.717, 1.165) is 24.1 Å². The highest BCUT2D eigenvalue weighted by Gasteiger charge is 2.21. The standard InChI is InChI=1S/C16H16N2O2/c1-2-11-8-14(18-6-5-17-10-18)9-13-7-12(16(19)20)3-4-15(11)13/h3-7,9-11H,2,8H2,1H3,(H,19,20). The average molecular weight is 268 g/mol. The number of aromatic nitrogens is 2. The van der Waals surface area contributed by atoms with Crippen molar-refractivity contribution in [3.63, 3.8) is 0 Å². The highest BCUT2D eigenvalue weighted by molar-refractivity contribution is 5.89. The normalized spacial score (nSPS) is 17.4. The molecule has 0 saturated heterocycles. The molecule has 1 aliphatic rings. The summed E-state index contributed by atoms with van der Waals surface area (Å²) in [6, 6.07) is 5.41. The highest BCUT2D eigenvalue weighted by atomic mass is 16.4. The molecule has 1 unspecified atom stereocenters. The molecule has 0 fully saturated rings. The van der Waals surface area contributed by atoms with Gasteiger partial charge in [0.05, 0.1) is 11.9 Å². The van der Waals surface area contributed by atoms with E-state index in [1.165, 1.54) is 5.56 Å². The summed E-state index contributed by atoms with van der Waals surface area (Å²) in [7, 11) is 0. The van der Waals surface area contributed by atoms with Gasteiger partial charge in [0, 0.05) is 18.1 Å². The van der Waals surface area contributed by atoms with Gasteiger partial charge in [0.1, 0.15) is 0 Å².